The summed E-state index contributed by atoms with van der Waals surface area (Å²) in [5.74, 6) is -0.0898. The summed E-state index contributed by atoms with van der Waals surface area (Å²) in [5.41, 5.74) is 5.15. The quantitative estimate of drug-likeness (QED) is 0.391. The molecule has 2 aromatic heterocycles. The van der Waals surface area contributed by atoms with Crippen LogP contribution in [0.15, 0.2) is 47.2 Å². The molecule has 0 saturated heterocycles. The molecule has 2 bridgehead atoms. The zero-order valence-corrected chi connectivity index (χ0v) is 14.4. The standard InChI is InChI=1S/C19H10OS3/c20-19-17-11-7-15-9(1-3-21-15)5-13(11)18(23-19)14-6-10-2-4-22-16(10)8-12(14)17/h1-8,17-18H. The van der Waals surface area contributed by atoms with Crippen molar-refractivity contribution < 1.29 is 4.79 Å². The third-order valence-electron chi connectivity index (χ3n) is 4.97. The summed E-state index contributed by atoms with van der Waals surface area (Å²) in [5, 5.41) is 7.33. The lowest BCUT2D eigenvalue weighted by molar-refractivity contribution is -0.111. The van der Waals surface area contributed by atoms with Crippen LogP contribution in [0.1, 0.15) is 33.4 Å². The van der Waals surface area contributed by atoms with Gasteiger partial charge in [0.1, 0.15) is 0 Å². The highest BCUT2D eigenvalue weighted by atomic mass is 32.2. The largest absolute Gasteiger partial charge is 0.286 e. The van der Waals surface area contributed by atoms with E-state index in [1.165, 1.54) is 54.2 Å². The lowest BCUT2D eigenvalue weighted by Crippen LogP contribution is -2.28. The van der Waals surface area contributed by atoms with Crippen molar-refractivity contribution in [3.63, 3.8) is 0 Å². The van der Waals surface area contributed by atoms with E-state index in [1.54, 1.807) is 22.7 Å². The summed E-state index contributed by atoms with van der Waals surface area (Å²) in [4.78, 5) is 12.7. The van der Waals surface area contributed by atoms with Crippen LogP contribution in [-0.4, -0.2) is 5.12 Å². The van der Waals surface area contributed by atoms with Gasteiger partial charge in [0.25, 0.3) is 0 Å². The van der Waals surface area contributed by atoms with Crippen LogP contribution in [0.2, 0.25) is 0 Å². The zero-order valence-electron chi connectivity index (χ0n) is 11.9. The smallest absolute Gasteiger partial charge is 0.201 e. The average Bonchev–Trinajstić information content (AvgIpc) is 3.19. The van der Waals surface area contributed by atoms with Gasteiger partial charge in [-0.3, -0.25) is 4.79 Å². The van der Waals surface area contributed by atoms with Gasteiger partial charge in [-0.2, -0.15) is 0 Å². The number of hydrogen-bond donors (Lipinski definition) is 0. The number of thioether (sulfide) groups is 1. The van der Waals surface area contributed by atoms with Crippen molar-refractivity contribution >= 4 is 59.7 Å². The Morgan fingerprint density at radius 3 is 1.87 bits per heavy atom. The van der Waals surface area contributed by atoms with Gasteiger partial charge in [0.15, 0.2) is 0 Å². The molecular formula is C19H10OS3. The maximum atomic E-state index is 12.7. The van der Waals surface area contributed by atoms with Gasteiger partial charge >= 0.3 is 0 Å². The molecule has 4 heteroatoms. The second-order valence-electron chi connectivity index (χ2n) is 6.13. The van der Waals surface area contributed by atoms with Crippen LogP contribution < -0.4 is 0 Å². The Morgan fingerprint density at radius 1 is 0.739 bits per heavy atom. The number of carbonyl (C=O) groups is 1. The molecule has 4 aromatic rings. The Balaban J connectivity index is 1.73. The van der Waals surface area contributed by atoms with E-state index in [9.17, 15) is 4.79 Å². The molecule has 1 nitrogen and oxygen atoms in total. The molecule has 0 fully saturated rings. The minimum Gasteiger partial charge on any atom is -0.286 e. The monoisotopic (exact) mass is 350 g/mol. The molecule has 2 aliphatic heterocycles. The SMILES string of the molecule is O=C1SC2c3cc4ccsc4cc3C1c1cc3sccc3cc12. The Kier molecular flexibility index (Phi) is 2.36. The fraction of sp³-hybridized carbons (Fsp3) is 0.105. The van der Waals surface area contributed by atoms with Crippen molar-refractivity contribution in [2.75, 3.05) is 0 Å². The molecule has 2 aromatic carbocycles. The number of benzene rings is 2. The van der Waals surface area contributed by atoms with E-state index >= 15 is 0 Å². The third-order valence-corrected chi connectivity index (χ3v) is 7.94. The molecule has 0 unspecified atom stereocenters. The fourth-order valence-corrected chi connectivity index (χ4v) is 6.86. The topological polar surface area (TPSA) is 17.1 Å². The van der Waals surface area contributed by atoms with Gasteiger partial charge in [0.2, 0.25) is 5.12 Å². The Labute approximate surface area is 145 Å². The lowest BCUT2D eigenvalue weighted by atomic mass is 9.77. The van der Waals surface area contributed by atoms with E-state index in [1.807, 2.05) is 0 Å². The first kappa shape index (κ1) is 12.8. The minimum atomic E-state index is -0.0898. The van der Waals surface area contributed by atoms with Crippen LogP contribution in [0.25, 0.3) is 20.2 Å². The minimum absolute atomic E-state index is 0.0898. The van der Waals surface area contributed by atoms with Crippen molar-refractivity contribution in [3.8, 4) is 0 Å². The first-order chi connectivity index (χ1) is 11.3. The van der Waals surface area contributed by atoms with E-state index in [0.717, 1.165) is 0 Å². The zero-order chi connectivity index (χ0) is 15.1. The third kappa shape index (κ3) is 1.56. The molecule has 0 spiro atoms. The normalized spacial score (nSPS) is 21.8. The van der Waals surface area contributed by atoms with Gasteiger partial charge in [-0.15, -0.1) is 22.7 Å². The summed E-state index contributed by atoms with van der Waals surface area (Å²) in [6.45, 7) is 0. The summed E-state index contributed by atoms with van der Waals surface area (Å²) in [6, 6.07) is 13.5. The summed E-state index contributed by atoms with van der Waals surface area (Å²) in [7, 11) is 0. The van der Waals surface area contributed by atoms with Crippen LogP contribution in [0.3, 0.4) is 0 Å². The maximum absolute atomic E-state index is 12.7. The van der Waals surface area contributed by atoms with Gasteiger partial charge in [0, 0.05) is 9.40 Å². The Morgan fingerprint density at radius 2 is 1.30 bits per heavy atom. The lowest BCUT2D eigenvalue weighted by Gasteiger charge is -2.38. The predicted molar refractivity (Wildman–Crippen MR) is 99.9 cm³/mol. The van der Waals surface area contributed by atoms with Crippen molar-refractivity contribution in [2.24, 2.45) is 0 Å². The van der Waals surface area contributed by atoms with Gasteiger partial charge in [-0.05, 0) is 80.2 Å². The molecule has 7 rings (SSSR count). The highest BCUT2D eigenvalue weighted by Crippen LogP contribution is 2.57. The van der Waals surface area contributed by atoms with Crippen LogP contribution in [0.4, 0.5) is 0 Å². The first-order valence-electron chi connectivity index (χ1n) is 7.52. The fourth-order valence-electron chi connectivity index (χ4n) is 3.94. The maximum Gasteiger partial charge on any atom is 0.201 e. The Hall–Kier alpha value is -1.62. The van der Waals surface area contributed by atoms with Crippen molar-refractivity contribution in [1.82, 2.24) is 0 Å². The van der Waals surface area contributed by atoms with Crippen LogP contribution in [0, 0.1) is 0 Å². The van der Waals surface area contributed by atoms with Gasteiger partial charge in [-0.25, -0.2) is 0 Å². The molecular weight excluding hydrogens is 340 g/mol. The number of hydrogen-bond acceptors (Lipinski definition) is 4. The number of fused-ring (bicyclic) bond motifs is 3. The van der Waals surface area contributed by atoms with E-state index in [-0.39, 0.29) is 11.2 Å². The van der Waals surface area contributed by atoms with Crippen LogP contribution in [-0.2, 0) is 4.79 Å². The summed E-state index contributed by atoms with van der Waals surface area (Å²) in [6.07, 6.45) is 0. The molecule has 0 N–H and O–H groups in total. The highest BCUT2D eigenvalue weighted by molar-refractivity contribution is 8.14. The number of carbonyl (C=O) groups excluding carboxylic acids is 1. The molecule has 0 radical (unpaired) electrons. The van der Waals surface area contributed by atoms with Crippen LogP contribution in [0.5, 0.6) is 0 Å². The van der Waals surface area contributed by atoms with Crippen LogP contribution >= 0.6 is 34.4 Å². The molecule has 0 amide bonds. The molecule has 0 atom stereocenters. The first-order valence-corrected chi connectivity index (χ1v) is 10.2. The molecule has 1 aliphatic carbocycles. The highest BCUT2D eigenvalue weighted by Gasteiger charge is 2.43. The number of rotatable bonds is 0. The molecule has 110 valence electrons. The van der Waals surface area contributed by atoms with E-state index in [0.29, 0.717) is 5.12 Å². The van der Waals surface area contributed by atoms with Crippen molar-refractivity contribution in [3.05, 3.63) is 69.4 Å². The Bertz CT molecular complexity index is 1050. The van der Waals surface area contributed by atoms with Crippen molar-refractivity contribution in [2.45, 2.75) is 11.2 Å². The molecule has 4 heterocycles. The molecule has 23 heavy (non-hydrogen) atoms. The summed E-state index contributed by atoms with van der Waals surface area (Å²) < 4.78 is 2.57. The second-order valence-corrected chi connectivity index (χ2v) is 9.13. The van der Waals surface area contributed by atoms with Gasteiger partial charge in [0.05, 0.1) is 11.2 Å². The van der Waals surface area contributed by atoms with E-state index < -0.39 is 0 Å². The van der Waals surface area contributed by atoms with Crippen molar-refractivity contribution in [1.29, 1.82) is 0 Å². The molecule has 0 saturated carbocycles. The second kappa shape index (κ2) is 4.26. The summed E-state index contributed by atoms with van der Waals surface area (Å²) >= 11 is 5.03. The molecule has 3 aliphatic rings. The van der Waals surface area contributed by atoms with Gasteiger partial charge in [-0.1, -0.05) is 11.8 Å². The van der Waals surface area contributed by atoms with Gasteiger partial charge < -0.3 is 0 Å². The average molecular weight is 350 g/mol. The van der Waals surface area contributed by atoms with E-state index in [2.05, 4.69) is 47.2 Å². The predicted octanol–water partition coefficient (Wildman–Crippen LogP) is 5.92. The number of thiophene rings is 2. The van der Waals surface area contributed by atoms with E-state index in [4.69, 9.17) is 0 Å².